The van der Waals surface area contributed by atoms with Gasteiger partial charge in [0.05, 0.1) is 34.2 Å². The Labute approximate surface area is 183 Å². The van der Waals surface area contributed by atoms with Crippen molar-refractivity contribution < 1.29 is 35.2 Å². The van der Waals surface area contributed by atoms with Crippen molar-refractivity contribution in [1.82, 2.24) is 4.98 Å². The SMILES string of the molecule is CCS(=O)(=O)c1cc(C2(C#N)CC2)cnc1N1Cc2sc(C(F)(F)C(F)(F)F)cc2C1=O. The molecule has 1 saturated carbocycles. The Hall–Kier alpha value is -2.59. The van der Waals surface area contributed by atoms with Crippen LogP contribution in [0.4, 0.5) is 27.8 Å². The third-order valence-electron chi connectivity index (χ3n) is 5.57. The van der Waals surface area contributed by atoms with E-state index in [4.69, 9.17) is 0 Å². The fourth-order valence-electron chi connectivity index (χ4n) is 3.43. The summed E-state index contributed by atoms with van der Waals surface area (Å²) in [4.78, 5) is 16.2. The smallest absolute Gasteiger partial charge is 0.286 e. The van der Waals surface area contributed by atoms with E-state index >= 15 is 0 Å². The van der Waals surface area contributed by atoms with Gasteiger partial charge >= 0.3 is 12.1 Å². The van der Waals surface area contributed by atoms with Crippen molar-refractivity contribution in [2.75, 3.05) is 10.7 Å². The molecule has 2 aromatic heterocycles. The van der Waals surface area contributed by atoms with Crippen molar-refractivity contribution >= 4 is 32.9 Å². The Bertz CT molecular complexity index is 1270. The maximum Gasteiger partial charge on any atom is 0.458 e. The largest absolute Gasteiger partial charge is 0.458 e. The van der Waals surface area contributed by atoms with Crippen LogP contribution in [0.1, 0.15) is 45.4 Å². The molecule has 13 heteroatoms. The van der Waals surface area contributed by atoms with Crippen LogP contribution in [0.2, 0.25) is 0 Å². The van der Waals surface area contributed by atoms with Gasteiger partial charge in [0.2, 0.25) is 0 Å². The summed E-state index contributed by atoms with van der Waals surface area (Å²) < 4.78 is 90.8. The first-order valence-corrected chi connectivity index (χ1v) is 11.8. The lowest BCUT2D eigenvalue weighted by Gasteiger charge is -2.21. The number of sulfone groups is 1. The molecule has 32 heavy (non-hydrogen) atoms. The monoisotopic (exact) mass is 491 g/mol. The summed E-state index contributed by atoms with van der Waals surface area (Å²) in [5.41, 5.74) is -0.797. The summed E-state index contributed by atoms with van der Waals surface area (Å²) in [6.45, 7) is 0.992. The standard InChI is InChI=1S/C19H14F5N3O3S2/c1-2-32(29,30)13-5-10(17(9-25)3-4-17)7-26-15(13)27-8-12-11(16(27)28)6-14(31-12)18(20,21)19(22,23)24/h5-7H,2-4,8H2,1H3. The number of pyridine rings is 1. The Balaban J connectivity index is 1.75. The molecule has 6 nitrogen and oxygen atoms in total. The molecule has 1 fully saturated rings. The van der Waals surface area contributed by atoms with Crippen LogP contribution >= 0.6 is 11.3 Å². The second-order valence-electron chi connectivity index (χ2n) is 7.55. The summed E-state index contributed by atoms with van der Waals surface area (Å²) in [6, 6.07) is 3.91. The average Bonchev–Trinajstić information content (AvgIpc) is 3.32. The minimum Gasteiger partial charge on any atom is -0.286 e. The van der Waals surface area contributed by atoms with Gasteiger partial charge in [-0.3, -0.25) is 9.69 Å². The highest BCUT2D eigenvalue weighted by molar-refractivity contribution is 7.91. The fourth-order valence-corrected chi connectivity index (χ4v) is 5.62. The van der Waals surface area contributed by atoms with E-state index in [0.717, 1.165) is 4.90 Å². The first-order chi connectivity index (χ1) is 14.8. The first kappa shape index (κ1) is 22.6. The Kier molecular flexibility index (Phi) is 4.91. The Morgan fingerprint density at radius 2 is 1.91 bits per heavy atom. The van der Waals surface area contributed by atoms with E-state index in [9.17, 15) is 40.4 Å². The quantitative estimate of drug-likeness (QED) is 0.582. The molecule has 1 aliphatic carbocycles. The minimum absolute atomic E-state index is 0.0460. The minimum atomic E-state index is -5.81. The van der Waals surface area contributed by atoms with Crippen LogP contribution < -0.4 is 4.90 Å². The van der Waals surface area contributed by atoms with E-state index in [0.29, 0.717) is 24.5 Å². The molecule has 2 aromatic rings. The van der Waals surface area contributed by atoms with Gasteiger partial charge in [-0.2, -0.15) is 27.2 Å². The lowest BCUT2D eigenvalue weighted by atomic mass is 10.00. The van der Waals surface area contributed by atoms with E-state index in [1.165, 1.54) is 19.2 Å². The molecule has 0 spiro atoms. The van der Waals surface area contributed by atoms with Crippen LogP contribution in [0.3, 0.4) is 0 Å². The molecule has 0 N–H and O–H groups in total. The lowest BCUT2D eigenvalue weighted by molar-refractivity contribution is -0.287. The van der Waals surface area contributed by atoms with Gasteiger partial charge in [0.15, 0.2) is 15.7 Å². The van der Waals surface area contributed by atoms with Gasteiger partial charge in [-0.1, -0.05) is 6.92 Å². The number of anilines is 1. The molecule has 1 aliphatic heterocycles. The molecule has 0 aromatic carbocycles. The van der Waals surface area contributed by atoms with Gasteiger partial charge in [0, 0.05) is 11.1 Å². The second-order valence-corrected chi connectivity index (χ2v) is 10.9. The van der Waals surface area contributed by atoms with Crippen molar-refractivity contribution in [1.29, 1.82) is 5.26 Å². The van der Waals surface area contributed by atoms with Crippen LogP contribution in [0.5, 0.6) is 0 Å². The maximum absolute atomic E-state index is 13.7. The molecule has 1 amide bonds. The van der Waals surface area contributed by atoms with Crippen LogP contribution in [-0.4, -0.2) is 31.2 Å². The number of carbonyl (C=O) groups is 1. The number of nitrogens with zero attached hydrogens (tertiary/aromatic N) is 3. The average molecular weight is 491 g/mol. The summed E-state index contributed by atoms with van der Waals surface area (Å²) in [6.07, 6.45) is -3.45. The zero-order valence-electron chi connectivity index (χ0n) is 16.3. The maximum atomic E-state index is 13.7. The normalized spacial score (nSPS) is 17.9. The van der Waals surface area contributed by atoms with E-state index in [1.807, 2.05) is 0 Å². The molecule has 2 aliphatic rings. The number of hydrogen-bond donors (Lipinski definition) is 0. The number of hydrogen-bond acceptors (Lipinski definition) is 6. The van der Waals surface area contributed by atoms with Gasteiger partial charge < -0.3 is 0 Å². The van der Waals surface area contributed by atoms with Crippen LogP contribution in [0.25, 0.3) is 0 Å². The number of rotatable bonds is 5. The van der Waals surface area contributed by atoms with E-state index in [2.05, 4.69) is 11.1 Å². The summed E-state index contributed by atoms with van der Waals surface area (Å²) >= 11 is 0.145. The van der Waals surface area contributed by atoms with E-state index < -0.39 is 44.7 Å². The molecular weight excluding hydrogens is 477 g/mol. The van der Waals surface area contributed by atoms with Crippen molar-refractivity contribution in [3.05, 3.63) is 39.2 Å². The molecule has 0 bridgehead atoms. The predicted octanol–water partition coefficient (Wildman–Crippen LogP) is 4.31. The zero-order valence-corrected chi connectivity index (χ0v) is 18.0. The lowest BCUT2D eigenvalue weighted by Crippen LogP contribution is -2.33. The third-order valence-corrected chi connectivity index (χ3v) is 8.49. The molecule has 0 unspecified atom stereocenters. The van der Waals surface area contributed by atoms with Crippen LogP contribution in [0.15, 0.2) is 23.2 Å². The van der Waals surface area contributed by atoms with Gasteiger partial charge in [0.25, 0.3) is 5.91 Å². The summed E-state index contributed by atoms with van der Waals surface area (Å²) in [5, 5.41) is 9.39. The van der Waals surface area contributed by atoms with E-state index in [-0.39, 0.29) is 38.2 Å². The van der Waals surface area contributed by atoms with E-state index in [1.54, 1.807) is 0 Å². The molecular formula is C19H14F5N3O3S2. The van der Waals surface area contributed by atoms with Crippen molar-refractivity contribution in [2.45, 2.75) is 48.7 Å². The first-order valence-electron chi connectivity index (χ1n) is 9.31. The van der Waals surface area contributed by atoms with Crippen molar-refractivity contribution in [2.24, 2.45) is 0 Å². The van der Waals surface area contributed by atoms with Crippen LogP contribution in [-0.2, 0) is 27.7 Å². The predicted molar refractivity (Wildman–Crippen MR) is 103 cm³/mol. The Morgan fingerprint density at radius 3 is 2.41 bits per heavy atom. The Morgan fingerprint density at radius 1 is 1.25 bits per heavy atom. The van der Waals surface area contributed by atoms with Gasteiger partial charge in [-0.25, -0.2) is 13.4 Å². The van der Waals surface area contributed by atoms with Gasteiger partial charge in [-0.05, 0) is 30.5 Å². The number of nitriles is 1. The molecule has 0 radical (unpaired) electrons. The topological polar surface area (TPSA) is 91.1 Å². The third kappa shape index (κ3) is 3.27. The number of amides is 1. The second kappa shape index (κ2) is 6.95. The molecule has 170 valence electrons. The number of thiophene rings is 1. The highest BCUT2D eigenvalue weighted by atomic mass is 32.2. The molecule has 3 heterocycles. The highest BCUT2D eigenvalue weighted by Crippen LogP contribution is 2.50. The van der Waals surface area contributed by atoms with Crippen molar-refractivity contribution in [3.8, 4) is 6.07 Å². The number of carbonyl (C=O) groups excluding carboxylic acids is 1. The highest BCUT2D eigenvalue weighted by Gasteiger charge is 2.60. The van der Waals surface area contributed by atoms with Crippen molar-refractivity contribution in [3.63, 3.8) is 0 Å². The number of fused-ring (bicyclic) bond motifs is 1. The van der Waals surface area contributed by atoms with Gasteiger partial charge in [0.1, 0.15) is 4.90 Å². The van der Waals surface area contributed by atoms with Crippen LogP contribution in [0, 0.1) is 11.3 Å². The molecule has 0 saturated heterocycles. The summed E-state index contributed by atoms with van der Waals surface area (Å²) in [7, 11) is -3.91. The number of alkyl halides is 5. The molecule has 4 rings (SSSR count). The number of halogens is 5. The molecule has 0 atom stereocenters. The zero-order chi connectivity index (χ0) is 23.7. The summed E-state index contributed by atoms with van der Waals surface area (Å²) in [5.74, 6) is -6.60. The fraction of sp³-hybridized carbons (Fsp3) is 0.421. The number of aromatic nitrogens is 1. The van der Waals surface area contributed by atoms with Gasteiger partial charge in [-0.15, -0.1) is 11.3 Å².